The molecule has 0 saturated heterocycles. The molecule has 1 unspecified atom stereocenters. The zero-order valence-electron chi connectivity index (χ0n) is 16.1. The Labute approximate surface area is 174 Å². The molecule has 29 heavy (non-hydrogen) atoms. The molecule has 6 heteroatoms. The van der Waals surface area contributed by atoms with Crippen LogP contribution in [0.1, 0.15) is 17.3 Å². The largest absolute Gasteiger partial charge is 0.495 e. The summed E-state index contributed by atoms with van der Waals surface area (Å²) in [6.07, 6.45) is 0. The van der Waals surface area contributed by atoms with Crippen molar-refractivity contribution in [2.75, 3.05) is 17.7 Å². The van der Waals surface area contributed by atoms with Gasteiger partial charge in [0.25, 0.3) is 5.91 Å². The van der Waals surface area contributed by atoms with Crippen molar-refractivity contribution < 1.29 is 14.3 Å². The molecule has 0 aromatic heterocycles. The summed E-state index contributed by atoms with van der Waals surface area (Å²) in [6, 6.07) is 22.3. The number of halogens is 1. The number of carbonyl (C=O) groups excluding carboxylic acids is 2. The van der Waals surface area contributed by atoms with Gasteiger partial charge < -0.3 is 15.4 Å². The predicted molar refractivity (Wildman–Crippen MR) is 117 cm³/mol. The molecule has 0 saturated carbocycles. The minimum atomic E-state index is -0.693. The maximum atomic E-state index is 12.6. The first-order chi connectivity index (χ1) is 14.0. The van der Waals surface area contributed by atoms with Crippen LogP contribution in [0, 0.1) is 0 Å². The maximum absolute atomic E-state index is 12.6. The topological polar surface area (TPSA) is 67.4 Å². The third-order valence-electron chi connectivity index (χ3n) is 4.33. The first-order valence-corrected chi connectivity index (χ1v) is 9.51. The van der Waals surface area contributed by atoms with E-state index in [0.29, 0.717) is 22.7 Å². The lowest BCUT2D eigenvalue weighted by Crippen LogP contribution is -2.21. The zero-order valence-corrected chi connectivity index (χ0v) is 16.9. The van der Waals surface area contributed by atoms with Gasteiger partial charge in [0.15, 0.2) is 0 Å². The molecular weight excluding hydrogens is 388 g/mol. The zero-order chi connectivity index (χ0) is 20.8. The second-order valence-electron chi connectivity index (χ2n) is 6.42. The quantitative estimate of drug-likeness (QED) is 0.552. The number of benzene rings is 3. The summed E-state index contributed by atoms with van der Waals surface area (Å²) in [5, 5.41) is 4.83. The monoisotopic (exact) mass is 408 g/mol. The molecule has 3 aromatic carbocycles. The predicted octanol–water partition coefficient (Wildman–Crippen LogP) is 5.18. The smallest absolute Gasteiger partial charge is 0.255 e. The van der Waals surface area contributed by atoms with E-state index >= 15 is 0 Å². The van der Waals surface area contributed by atoms with Crippen molar-refractivity contribution in [3.05, 3.63) is 78.4 Å². The summed E-state index contributed by atoms with van der Waals surface area (Å²) in [5.74, 6) is -0.136. The Hall–Kier alpha value is -3.31. The van der Waals surface area contributed by atoms with Gasteiger partial charge in [0.05, 0.1) is 12.8 Å². The lowest BCUT2D eigenvalue weighted by molar-refractivity contribution is -0.115. The van der Waals surface area contributed by atoms with Crippen LogP contribution in [0.4, 0.5) is 11.4 Å². The summed E-state index contributed by atoms with van der Waals surface area (Å²) >= 11 is 5.81. The number of amides is 2. The van der Waals surface area contributed by atoms with Gasteiger partial charge in [0.1, 0.15) is 11.1 Å². The molecule has 0 radical (unpaired) electrons. The van der Waals surface area contributed by atoms with Crippen molar-refractivity contribution >= 4 is 34.8 Å². The van der Waals surface area contributed by atoms with Crippen molar-refractivity contribution in [3.63, 3.8) is 0 Å². The molecule has 2 amide bonds. The highest BCUT2D eigenvalue weighted by molar-refractivity contribution is 6.32. The summed E-state index contributed by atoms with van der Waals surface area (Å²) in [5.41, 5.74) is 3.61. The summed E-state index contributed by atoms with van der Waals surface area (Å²) in [6.45, 7) is 1.58. The van der Waals surface area contributed by atoms with Gasteiger partial charge in [-0.2, -0.15) is 0 Å². The van der Waals surface area contributed by atoms with Gasteiger partial charge >= 0.3 is 0 Å². The molecule has 3 rings (SSSR count). The number of carbonyl (C=O) groups is 2. The number of anilines is 2. The average Bonchev–Trinajstić information content (AvgIpc) is 2.74. The average molecular weight is 409 g/mol. The van der Waals surface area contributed by atoms with Crippen molar-refractivity contribution in [2.24, 2.45) is 0 Å². The van der Waals surface area contributed by atoms with Gasteiger partial charge in [0, 0.05) is 11.3 Å². The molecule has 0 heterocycles. The number of nitrogens with one attached hydrogen (secondary N) is 2. The number of ether oxygens (including phenoxy) is 1. The van der Waals surface area contributed by atoms with E-state index in [1.165, 1.54) is 7.11 Å². The van der Waals surface area contributed by atoms with Crippen molar-refractivity contribution in [1.29, 1.82) is 0 Å². The first kappa shape index (κ1) is 20.4. The molecule has 0 spiro atoms. The fraction of sp³-hybridized carbons (Fsp3) is 0.130. The third kappa shape index (κ3) is 5.15. The Morgan fingerprint density at radius 3 is 2.17 bits per heavy atom. The van der Waals surface area contributed by atoms with E-state index in [-0.39, 0.29) is 11.8 Å². The van der Waals surface area contributed by atoms with E-state index in [2.05, 4.69) is 10.6 Å². The second kappa shape index (κ2) is 9.26. The number of alkyl halides is 1. The first-order valence-electron chi connectivity index (χ1n) is 9.07. The van der Waals surface area contributed by atoms with Gasteiger partial charge in [-0.05, 0) is 48.4 Å². The molecule has 1 atom stereocenters. The van der Waals surface area contributed by atoms with E-state index in [4.69, 9.17) is 16.3 Å². The standard InChI is InChI=1S/C23H21ClN2O3/c1-15(24)22(27)26-20-14-19(12-13-21(20)29-2)25-23(28)18-10-8-17(9-11-18)16-6-4-3-5-7-16/h3-15H,1-2H3,(H,25,28)(H,26,27). The number of hydrogen-bond donors (Lipinski definition) is 2. The second-order valence-corrected chi connectivity index (χ2v) is 7.07. The van der Waals surface area contributed by atoms with Crippen LogP contribution in [0.5, 0.6) is 5.75 Å². The third-order valence-corrected chi connectivity index (χ3v) is 4.53. The number of hydrogen-bond acceptors (Lipinski definition) is 3. The highest BCUT2D eigenvalue weighted by Gasteiger charge is 2.14. The van der Waals surface area contributed by atoms with Gasteiger partial charge in [-0.3, -0.25) is 9.59 Å². The van der Waals surface area contributed by atoms with Crippen LogP contribution in [0.2, 0.25) is 0 Å². The van der Waals surface area contributed by atoms with E-state index in [1.54, 1.807) is 37.3 Å². The Morgan fingerprint density at radius 2 is 1.55 bits per heavy atom. The number of rotatable bonds is 6. The molecule has 148 valence electrons. The molecule has 0 aliphatic heterocycles. The normalized spacial score (nSPS) is 11.4. The minimum absolute atomic E-state index is 0.252. The Morgan fingerprint density at radius 1 is 0.897 bits per heavy atom. The fourth-order valence-electron chi connectivity index (χ4n) is 2.76. The van der Waals surface area contributed by atoms with Crippen LogP contribution in [0.15, 0.2) is 72.8 Å². The molecular formula is C23H21ClN2O3. The molecule has 0 bridgehead atoms. The molecule has 0 aliphatic rings. The number of methoxy groups -OCH3 is 1. The van der Waals surface area contributed by atoms with Crippen molar-refractivity contribution in [3.8, 4) is 16.9 Å². The van der Waals surface area contributed by atoms with Crippen LogP contribution in [-0.2, 0) is 4.79 Å². The summed E-state index contributed by atoms with van der Waals surface area (Å²) in [7, 11) is 1.50. The minimum Gasteiger partial charge on any atom is -0.495 e. The van der Waals surface area contributed by atoms with Crippen molar-refractivity contribution in [1.82, 2.24) is 0 Å². The van der Waals surface area contributed by atoms with E-state index in [9.17, 15) is 9.59 Å². The van der Waals surface area contributed by atoms with Gasteiger partial charge in [0.2, 0.25) is 5.91 Å². The molecule has 3 aromatic rings. The van der Waals surface area contributed by atoms with Crippen LogP contribution in [-0.4, -0.2) is 24.3 Å². The summed E-state index contributed by atoms with van der Waals surface area (Å²) in [4.78, 5) is 24.5. The van der Waals surface area contributed by atoms with Crippen LogP contribution >= 0.6 is 11.6 Å². The van der Waals surface area contributed by atoms with Crippen molar-refractivity contribution in [2.45, 2.75) is 12.3 Å². The van der Waals surface area contributed by atoms with Crippen LogP contribution < -0.4 is 15.4 Å². The highest BCUT2D eigenvalue weighted by atomic mass is 35.5. The molecule has 5 nitrogen and oxygen atoms in total. The SMILES string of the molecule is COc1ccc(NC(=O)c2ccc(-c3ccccc3)cc2)cc1NC(=O)C(C)Cl. The van der Waals surface area contributed by atoms with E-state index < -0.39 is 5.38 Å². The maximum Gasteiger partial charge on any atom is 0.255 e. The van der Waals surface area contributed by atoms with Crippen LogP contribution in [0.3, 0.4) is 0 Å². The molecule has 0 aliphatic carbocycles. The van der Waals surface area contributed by atoms with E-state index in [1.807, 2.05) is 42.5 Å². The highest BCUT2D eigenvalue weighted by Crippen LogP contribution is 2.28. The lowest BCUT2D eigenvalue weighted by atomic mass is 10.0. The molecule has 0 fully saturated rings. The summed E-state index contributed by atoms with van der Waals surface area (Å²) < 4.78 is 5.26. The van der Waals surface area contributed by atoms with Gasteiger partial charge in [-0.25, -0.2) is 0 Å². The van der Waals surface area contributed by atoms with Crippen LogP contribution in [0.25, 0.3) is 11.1 Å². The Balaban J connectivity index is 1.75. The van der Waals surface area contributed by atoms with Gasteiger partial charge in [-0.15, -0.1) is 11.6 Å². The Kier molecular flexibility index (Phi) is 6.52. The van der Waals surface area contributed by atoms with E-state index in [0.717, 1.165) is 11.1 Å². The molecule has 2 N–H and O–H groups in total. The Bertz CT molecular complexity index is 1000. The van der Waals surface area contributed by atoms with Gasteiger partial charge in [-0.1, -0.05) is 42.5 Å². The fourth-order valence-corrected chi connectivity index (χ4v) is 2.82. The lowest BCUT2D eigenvalue weighted by Gasteiger charge is -2.13.